The number of amides is 3. The van der Waals surface area contributed by atoms with E-state index in [-0.39, 0.29) is 18.0 Å². The first-order valence-corrected chi connectivity index (χ1v) is 9.68. The highest BCUT2D eigenvalue weighted by Crippen LogP contribution is 2.46. The summed E-state index contributed by atoms with van der Waals surface area (Å²) in [6, 6.07) is 13.3. The van der Waals surface area contributed by atoms with Crippen molar-refractivity contribution in [2.75, 3.05) is 28.7 Å². The Hall–Kier alpha value is -3.09. The quantitative estimate of drug-likeness (QED) is 0.862. The van der Waals surface area contributed by atoms with Gasteiger partial charge in [-0.25, -0.2) is 9.78 Å². The summed E-state index contributed by atoms with van der Waals surface area (Å²) < 4.78 is 0. The number of urea groups is 1. The molecule has 1 saturated heterocycles. The highest BCUT2D eigenvalue weighted by Gasteiger charge is 2.51. The summed E-state index contributed by atoms with van der Waals surface area (Å²) in [6.45, 7) is 2.49. The van der Waals surface area contributed by atoms with Gasteiger partial charge in [-0.1, -0.05) is 30.3 Å². The van der Waals surface area contributed by atoms with Crippen LogP contribution >= 0.6 is 0 Å². The Balaban J connectivity index is 1.54. The van der Waals surface area contributed by atoms with Crippen LogP contribution in [0.1, 0.15) is 31.4 Å². The predicted octanol–water partition coefficient (Wildman–Crippen LogP) is 2.91. The van der Waals surface area contributed by atoms with Gasteiger partial charge in [-0.3, -0.25) is 9.69 Å². The topological polar surface area (TPSA) is 77.6 Å². The zero-order valence-electron chi connectivity index (χ0n) is 16.0. The first kappa shape index (κ1) is 17.0. The molecule has 7 nitrogen and oxygen atoms in total. The van der Waals surface area contributed by atoms with E-state index >= 15 is 0 Å². The minimum Gasteiger partial charge on any atom is -0.354 e. The highest BCUT2D eigenvalue weighted by atomic mass is 16.2. The summed E-state index contributed by atoms with van der Waals surface area (Å²) in [7, 11) is 1.79. The number of hydrogen-bond acceptors (Lipinski definition) is 4. The first-order valence-electron chi connectivity index (χ1n) is 9.68. The molecule has 2 N–H and O–H groups in total. The van der Waals surface area contributed by atoms with Crippen molar-refractivity contribution in [1.82, 2.24) is 10.3 Å². The Labute approximate surface area is 163 Å². The van der Waals surface area contributed by atoms with Crippen LogP contribution in [0.3, 0.4) is 0 Å². The van der Waals surface area contributed by atoms with Gasteiger partial charge in [-0.15, -0.1) is 0 Å². The van der Waals surface area contributed by atoms with Crippen molar-refractivity contribution in [3.8, 4) is 0 Å². The normalized spacial score (nSPS) is 26.7. The van der Waals surface area contributed by atoms with Gasteiger partial charge in [-0.2, -0.15) is 0 Å². The number of pyridine rings is 1. The monoisotopic (exact) mass is 377 g/mol. The standard InChI is InChI=1S/C21H23N5O2/c1-21(14-8-9-14)19(27)25(2)15-10-11-17(23-18(15)24-21)26-16(12-22-20(26)28)13-6-4-3-5-7-13/h3-7,10-11,14,16H,8-9,12H2,1-2H3,(H,22,28)(H,23,24). The molecule has 0 bridgehead atoms. The summed E-state index contributed by atoms with van der Waals surface area (Å²) in [6.07, 6.45) is 2.09. The van der Waals surface area contributed by atoms with Gasteiger partial charge >= 0.3 is 6.03 Å². The maximum absolute atomic E-state index is 12.9. The van der Waals surface area contributed by atoms with Crippen molar-refractivity contribution in [1.29, 1.82) is 0 Å². The van der Waals surface area contributed by atoms with Crippen LogP contribution in [-0.2, 0) is 4.79 Å². The SMILES string of the molecule is CN1C(=O)C(C)(C2CC2)Nc2nc(N3C(=O)NCC3c3ccccc3)ccc21. The molecule has 2 fully saturated rings. The van der Waals surface area contributed by atoms with Gasteiger partial charge in [-0.05, 0) is 43.4 Å². The van der Waals surface area contributed by atoms with Crippen LogP contribution in [0, 0.1) is 5.92 Å². The summed E-state index contributed by atoms with van der Waals surface area (Å²) in [5, 5.41) is 6.31. The Morgan fingerprint density at radius 3 is 2.57 bits per heavy atom. The van der Waals surface area contributed by atoms with E-state index in [1.807, 2.05) is 49.4 Å². The molecule has 1 aliphatic carbocycles. The Morgan fingerprint density at radius 1 is 1.11 bits per heavy atom. The molecule has 2 aromatic rings. The second-order valence-corrected chi connectivity index (χ2v) is 7.99. The predicted molar refractivity (Wildman–Crippen MR) is 107 cm³/mol. The van der Waals surface area contributed by atoms with E-state index in [0.717, 1.165) is 24.1 Å². The van der Waals surface area contributed by atoms with Gasteiger partial charge in [0.25, 0.3) is 5.91 Å². The van der Waals surface area contributed by atoms with Gasteiger partial charge in [0.15, 0.2) is 5.82 Å². The molecular weight excluding hydrogens is 354 g/mol. The Bertz CT molecular complexity index is 959. The maximum atomic E-state index is 12.9. The molecule has 5 rings (SSSR count). The summed E-state index contributed by atoms with van der Waals surface area (Å²) in [5.74, 6) is 1.63. The van der Waals surface area contributed by atoms with Crippen LogP contribution < -0.4 is 20.4 Å². The molecule has 1 aromatic carbocycles. The van der Waals surface area contributed by atoms with Crippen LogP contribution in [0.2, 0.25) is 0 Å². The summed E-state index contributed by atoms with van der Waals surface area (Å²) in [4.78, 5) is 33.6. The minimum absolute atomic E-state index is 0.0677. The van der Waals surface area contributed by atoms with Gasteiger partial charge in [0.1, 0.15) is 11.4 Å². The molecule has 1 saturated carbocycles. The van der Waals surface area contributed by atoms with Crippen LogP contribution in [-0.4, -0.2) is 36.1 Å². The van der Waals surface area contributed by atoms with Crippen molar-refractivity contribution in [2.24, 2.45) is 5.92 Å². The van der Waals surface area contributed by atoms with E-state index in [2.05, 4.69) is 10.6 Å². The molecular formula is C21H23N5O2. The van der Waals surface area contributed by atoms with E-state index in [9.17, 15) is 9.59 Å². The lowest BCUT2D eigenvalue weighted by Crippen LogP contribution is -2.56. The minimum atomic E-state index is -0.639. The molecule has 28 heavy (non-hydrogen) atoms. The number of carbonyl (C=O) groups is 2. The van der Waals surface area contributed by atoms with Crippen molar-refractivity contribution >= 4 is 29.3 Å². The molecule has 1 aromatic heterocycles. The van der Waals surface area contributed by atoms with Crippen molar-refractivity contribution < 1.29 is 9.59 Å². The molecule has 2 aliphatic heterocycles. The van der Waals surface area contributed by atoms with Crippen LogP contribution in [0.25, 0.3) is 0 Å². The highest BCUT2D eigenvalue weighted by molar-refractivity contribution is 6.07. The second-order valence-electron chi connectivity index (χ2n) is 7.99. The number of nitrogens with one attached hydrogen (secondary N) is 2. The smallest absolute Gasteiger partial charge is 0.323 e. The maximum Gasteiger partial charge on any atom is 0.323 e. The van der Waals surface area contributed by atoms with Crippen molar-refractivity contribution in [2.45, 2.75) is 31.3 Å². The lowest BCUT2D eigenvalue weighted by molar-refractivity contribution is -0.123. The van der Waals surface area contributed by atoms with E-state index in [4.69, 9.17) is 4.98 Å². The number of fused-ring (bicyclic) bond motifs is 1. The van der Waals surface area contributed by atoms with Gasteiger partial charge in [0.05, 0.1) is 11.7 Å². The summed E-state index contributed by atoms with van der Waals surface area (Å²) in [5.41, 5.74) is 1.16. The molecule has 2 atom stereocenters. The molecule has 2 unspecified atom stereocenters. The number of likely N-dealkylation sites (N-methyl/N-ethyl adjacent to an activating group) is 1. The molecule has 3 heterocycles. The van der Waals surface area contributed by atoms with E-state index in [1.54, 1.807) is 16.8 Å². The molecule has 0 radical (unpaired) electrons. The van der Waals surface area contributed by atoms with Crippen LogP contribution in [0.15, 0.2) is 42.5 Å². The molecule has 3 aliphatic rings. The van der Waals surface area contributed by atoms with Gasteiger partial charge in [0.2, 0.25) is 0 Å². The van der Waals surface area contributed by atoms with E-state index < -0.39 is 5.54 Å². The van der Waals surface area contributed by atoms with E-state index in [0.29, 0.717) is 24.1 Å². The fourth-order valence-corrected chi connectivity index (χ4v) is 4.34. The first-order chi connectivity index (χ1) is 13.5. The Morgan fingerprint density at radius 2 is 1.86 bits per heavy atom. The zero-order chi connectivity index (χ0) is 19.5. The molecule has 0 spiro atoms. The molecule has 7 heteroatoms. The van der Waals surface area contributed by atoms with Crippen LogP contribution in [0.5, 0.6) is 0 Å². The fraction of sp³-hybridized carbons (Fsp3) is 0.381. The average molecular weight is 377 g/mol. The van der Waals surface area contributed by atoms with Crippen LogP contribution in [0.4, 0.5) is 22.1 Å². The number of benzene rings is 1. The zero-order valence-corrected chi connectivity index (χ0v) is 16.0. The number of nitrogens with zero attached hydrogens (tertiary/aromatic N) is 3. The number of carbonyl (C=O) groups excluding carboxylic acids is 2. The number of rotatable bonds is 3. The Kier molecular flexibility index (Phi) is 3.62. The third-order valence-electron chi connectivity index (χ3n) is 6.15. The second kappa shape index (κ2) is 5.95. The van der Waals surface area contributed by atoms with Crippen molar-refractivity contribution in [3.05, 3.63) is 48.0 Å². The average Bonchev–Trinajstić information content (AvgIpc) is 3.49. The third-order valence-corrected chi connectivity index (χ3v) is 6.15. The molecule has 3 amide bonds. The number of anilines is 3. The number of aromatic nitrogens is 1. The third kappa shape index (κ3) is 2.46. The van der Waals surface area contributed by atoms with E-state index in [1.165, 1.54) is 0 Å². The van der Waals surface area contributed by atoms with Crippen molar-refractivity contribution in [3.63, 3.8) is 0 Å². The van der Waals surface area contributed by atoms with Gasteiger partial charge < -0.3 is 15.5 Å². The van der Waals surface area contributed by atoms with Gasteiger partial charge in [0, 0.05) is 13.6 Å². The fourth-order valence-electron chi connectivity index (χ4n) is 4.34. The largest absolute Gasteiger partial charge is 0.354 e. The molecule has 144 valence electrons. The number of hydrogen-bond donors (Lipinski definition) is 2. The lowest BCUT2D eigenvalue weighted by Gasteiger charge is -2.40. The summed E-state index contributed by atoms with van der Waals surface area (Å²) >= 11 is 0. The lowest BCUT2D eigenvalue weighted by atomic mass is 9.91.